The summed E-state index contributed by atoms with van der Waals surface area (Å²) in [5.74, 6) is -0.727. The second kappa shape index (κ2) is 9.39. The Morgan fingerprint density at radius 3 is 2.45 bits per heavy atom. The number of esters is 1. The van der Waals surface area contributed by atoms with Crippen LogP contribution in [-0.4, -0.2) is 54.4 Å². The van der Waals surface area contributed by atoms with Gasteiger partial charge in [0, 0.05) is 42.8 Å². The van der Waals surface area contributed by atoms with Crippen LogP contribution in [0.5, 0.6) is 5.75 Å². The van der Waals surface area contributed by atoms with Gasteiger partial charge in [0.2, 0.25) is 5.91 Å². The highest BCUT2D eigenvalue weighted by molar-refractivity contribution is 6.30. The molecule has 1 N–H and O–H groups in total. The average molecular weight is 444 g/mol. The monoisotopic (exact) mass is 443 g/mol. The summed E-state index contributed by atoms with van der Waals surface area (Å²) in [6.45, 7) is 7.13. The second-order valence-electron chi connectivity index (χ2n) is 8.06. The highest BCUT2D eigenvalue weighted by Crippen LogP contribution is 2.29. The molecular weight excluding hydrogens is 418 g/mol. The summed E-state index contributed by atoms with van der Waals surface area (Å²) in [6, 6.07) is 13.9. The molecule has 0 spiro atoms. The minimum Gasteiger partial charge on any atom is -0.427 e. The van der Waals surface area contributed by atoms with Gasteiger partial charge in [0.05, 0.1) is 12.1 Å². The molecule has 0 aliphatic carbocycles. The van der Waals surface area contributed by atoms with Crippen LogP contribution in [0.4, 0.5) is 5.69 Å². The summed E-state index contributed by atoms with van der Waals surface area (Å²) in [7, 11) is 0. The van der Waals surface area contributed by atoms with E-state index in [0.717, 1.165) is 5.69 Å². The van der Waals surface area contributed by atoms with Gasteiger partial charge in [-0.15, -0.1) is 0 Å². The van der Waals surface area contributed by atoms with Crippen LogP contribution >= 0.6 is 11.6 Å². The number of halogens is 1. The van der Waals surface area contributed by atoms with Crippen LogP contribution in [0.25, 0.3) is 0 Å². The zero-order valence-electron chi connectivity index (χ0n) is 17.9. The lowest BCUT2D eigenvalue weighted by Gasteiger charge is -2.48. The molecule has 8 heteroatoms. The van der Waals surface area contributed by atoms with E-state index < -0.39 is 11.9 Å². The number of anilines is 1. The van der Waals surface area contributed by atoms with Crippen LogP contribution in [0.3, 0.4) is 0 Å². The largest absolute Gasteiger partial charge is 0.427 e. The van der Waals surface area contributed by atoms with E-state index in [-0.39, 0.29) is 23.7 Å². The maximum Gasteiger partial charge on any atom is 0.308 e. The van der Waals surface area contributed by atoms with E-state index in [2.05, 4.69) is 24.1 Å². The van der Waals surface area contributed by atoms with Crippen LogP contribution in [-0.2, 0) is 9.59 Å². The zero-order valence-corrected chi connectivity index (χ0v) is 18.6. The first kappa shape index (κ1) is 22.6. The third kappa shape index (κ3) is 5.76. The molecule has 1 heterocycles. The van der Waals surface area contributed by atoms with Gasteiger partial charge < -0.3 is 19.9 Å². The molecule has 0 atom stereocenters. The number of carbonyl (C=O) groups excluding carboxylic acids is 3. The van der Waals surface area contributed by atoms with Crippen LogP contribution < -0.4 is 15.0 Å². The predicted molar refractivity (Wildman–Crippen MR) is 120 cm³/mol. The number of piperazine rings is 1. The molecule has 0 unspecified atom stereocenters. The minimum absolute atomic E-state index is 0.104. The van der Waals surface area contributed by atoms with E-state index in [1.165, 1.54) is 13.0 Å². The van der Waals surface area contributed by atoms with Crippen molar-refractivity contribution in [1.82, 2.24) is 10.2 Å². The summed E-state index contributed by atoms with van der Waals surface area (Å²) < 4.78 is 5.00. The zero-order chi connectivity index (χ0) is 22.6. The lowest BCUT2D eigenvalue weighted by atomic mass is 9.97. The number of rotatable bonds is 5. The number of carbonyl (C=O) groups is 3. The van der Waals surface area contributed by atoms with Crippen LogP contribution in [0.1, 0.15) is 31.1 Å². The molecule has 0 bridgehead atoms. The fraction of sp³-hybridized carbons (Fsp3) is 0.348. The Balaban J connectivity index is 1.57. The molecule has 31 heavy (non-hydrogen) atoms. The minimum atomic E-state index is -0.465. The molecule has 164 valence electrons. The van der Waals surface area contributed by atoms with Crippen molar-refractivity contribution in [3.8, 4) is 5.75 Å². The third-order valence-corrected chi connectivity index (χ3v) is 5.40. The summed E-state index contributed by atoms with van der Waals surface area (Å²) in [5, 5.41) is 3.34. The van der Waals surface area contributed by atoms with Crippen molar-refractivity contribution in [1.29, 1.82) is 0 Å². The molecule has 1 aliphatic heterocycles. The molecule has 3 rings (SSSR count). The summed E-state index contributed by atoms with van der Waals surface area (Å²) in [5.41, 5.74) is 1.10. The van der Waals surface area contributed by atoms with Gasteiger partial charge >= 0.3 is 5.97 Å². The summed E-state index contributed by atoms with van der Waals surface area (Å²) in [4.78, 5) is 40.3. The van der Waals surface area contributed by atoms with Gasteiger partial charge in [0.25, 0.3) is 5.91 Å². The topological polar surface area (TPSA) is 78.9 Å². The Labute approximate surface area is 186 Å². The highest BCUT2D eigenvalue weighted by Gasteiger charge is 2.35. The van der Waals surface area contributed by atoms with Crippen molar-refractivity contribution in [3.05, 3.63) is 59.1 Å². The molecule has 2 aromatic carbocycles. The van der Waals surface area contributed by atoms with Crippen LogP contribution in [0, 0.1) is 0 Å². The van der Waals surface area contributed by atoms with Gasteiger partial charge in [-0.1, -0.05) is 17.7 Å². The lowest BCUT2D eigenvalue weighted by molar-refractivity contribution is -0.132. The van der Waals surface area contributed by atoms with Gasteiger partial charge in [0.15, 0.2) is 0 Å². The molecule has 0 aromatic heterocycles. The smallest absolute Gasteiger partial charge is 0.308 e. The van der Waals surface area contributed by atoms with E-state index in [0.29, 0.717) is 30.2 Å². The number of benzene rings is 2. The van der Waals surface area contributed by atoms with E-state index >= 15 is 0 Å². The normalized spacial score (nSPS) is 15.4. The first-order valence-corrected chi connectivity index (χ1v) is 10.4. The molecule has 0 radical (unpaired) electrons. The van der Waals surface area contributed by atoms with Gasteiger partial charge in [-0.25, -0.2) is 0 Å². The molecule has 0 saturated carbocycles. The lowest BCUT2D eigenvalue weighted by Crippen LogP contribution is -2.61. The van der Waals surface area contributed by atoms with E-state index in [4.69, 9.17) is 16.3 Å². The fourth-order valence-electron chi connectivity index (χ4n) is 3.70. The van der Waals surface area contributed by atoms with Crippen molar-refractivity contribution in [2.45, 2.75) is 26.3 Å². The Bertz CT molecular complexity index is 975. The summed E-state index contributed by atoms with van der Waals surface area (Å²) >= 11 is 5.99. The van der Waals surface area contributed by atoms with E-state index in [1.807, 2.05) is 24.3 Å². The van der Waals surface area contributed by atoms with Crippen LogP contribution in [0.2, 0.25) is 5.02 Å². The Kier molecular flexibility index (Phi) is 6.85. The average Bonchev–Trinajstić information content (AvgIpc) is 2.71. The van der Waals surface area contributed by atoms with Gasteiger partial charge in [-0.05, 0) is 56.3 Å². The molecule has 1 saturated heterocycles. The number of nitrogens with one attached hydrogen (secondary N) is 1. The number of hydrogen-bond donors (Lipinski definition) is 1. The Morgan fingerprint density at radius 2 is 1.81 bits per heavy atom. The second-order valence-corrected chi connectivity index (χ2v) is 8.50. The third-order valence-electron chi connectivity index (χ3n) is 5.15. The van der Waals surface area contributed by atoms with Crippen molar-refractivity contribution >= 4 is 35.1 Å². The molecule has 2 aromatic rings. The number of nitrogens with zero attached hydrogens (tertiary/aromatic N) is 2. The van der Waals surface area contributed by atoms with Crippen molar-refractivity contribution in [2.24, 2.45) is 0 Å². The molecule has 7 nitrogen and oxygen atoms in total. The molecule has 1 fully saturated rings. The Morgan fingerprint density at radius 1 is 1.10 bits per heavy atom. The maximum atomic E-state index is 12.7. The first-order chi connectivity index (χ1) is 14.7. The SMILES string of the molecule is CC(=O)Oc1cccc(C(=O)NCC(=O)N2CCN(c3ccc(Cl)cc3)C(C)(C)C2)c1. The van der Waals surface area contributed by atoms with Crippen molar-refractivity contribution in [2.75, 3.05) is 31.1 Å². The fourth-order valence-corrected chi connectivity index (χ4v) is 3.83. The predicted octanol–water partition coefficient (Wildman–Crippen LogP) is 3.12. The van der Waals surface area contributed by atoms with Crippen molar-refractivity contribution < 1.29 is 19.1 Å². The molecule has 2 amide bonds. The van der Waals surface area contributed by atoms with Crippen LogP contribution in [0.15, 0.2) is 48.5 Å². The summed E-state index contributed by atoms with van der Waals surface area (Å²) in [6.07, 6.45) is 0. The standard InChI is InChI=1S/C23H26ClN3O4/c1-16(28)31-20-6-4-5-17(13-20)22(30)25-14-21(29)26-11-12-27(23(2,3)15-26)19-9-7-18(24)8-10-19/h4-10,13H,11-12,14-15H2,1-3H3,(H,25,30). The van der Waals surface area contributed by atoms with E-state index in [9.17, 15) is 14.4 Å². The molecular formula is C23H26ClN3O4. The van der Waals surface area contributed by atoms with Crippen molar-refractivity contribution in [3.63, 3.8) is 0 Å². The van der Waals surface area contributed by atoms with Gasteiger partial charge in [-0.3, -0.25) is 14.4 Å². The molecule has 1 aliphatic rings. The first-order valence-electron chi connectivity index (χ1n) is 10.0. The number of amides is 2. The van der Waals surface area contributed by atoms with E-state index in [1.54, 1.807) is 23.1 Å². The van der Waals surface area contributed by atoms with Gasteiger partial charge in [-0.2, -0.15) is 0 Å². The van der Waals surface area contributed by atoms with Gasteiger partial charge in [0.1, 0.15) is 5.75 Å². The highest BCUT2D eigenvalue weighted by atomic mass is 35.5. The quantitative estimate of drug-likeness (QED) is 0.567. The number of ether oxygens (including phenoxy) is 1. The Hall–Kier alpha value is -3.06. The number of hydrogen-bond acceptors (Lipinski definition) is 5. The maximum absolute atomic E-state index is 12.7.